The van der Waals surface area contributed by atoms with Crippen LogP contribution in [0.3, 0.4) is 0 Å². The van der Waals surface area contributed by atoms with Crippen LogP contribution in [0, 0.1) is 0 Å². The van der Waals surface area contributed by atoms with Crippen molar-refractivity contribution in [3.05, 3.63) is 17.5 Å². The van der Waals surface area contributed by atoms with Crippen LogP contribution in [0.5, 0.6) is 0 Å². The average molecular weight is 348 g/mol. The van der Waals surface area contributed by atoms with Gasteiger partial charge >= 0.3 is 0 Å². The first-order valence-corrected chi connectivity index (χ1v) is 9.82. The molecule has 2 N–H and O–H groups in total. The molecule has 1 aliphatic heterocycles. The lowest BCUT2D eigenvalue weighted by Gasteiger charge is -2.36. The second-order valence-corrected chi connectivity index (χ2v) is 7.69. The zero-order valence-electron chi connectivity index (χ0n) is 15.9. The Morgan fingerprint density at radius 2 is 2.00 bits per heavy atom. The van der Waals surface area contributed by atoms with Gasteiger partial charge in [0.15, 0.2) is 11.7 Å². The van der Waals surface area contributed by atoms with E-state index < -0.39 is 0 Å². The summed E-state index contributed by atoms with van der Waals surface area (Å²) in [6.07, 6.45) is 8.01. The summed E-state index contributed by atoms with van der Waals surface area (Å²) in [4.78, 5) is 7.05. The van der Waals surface area contributed by atoms with Crippen molar-refractivity contribution in [2.75, 3.05) is 20.1 Å². The second kappa shape index (κ2) is 8.70. The monoisotopic (exact) mass is 347 g/mol. The third-order valence-electron chi connectivity index (χ3n) is 5.53. The van der Waals surface area contributed by atoms with Crippen molar-refractivity contribution in [3.63, 3.8) is 0 Å². The molecule has 3 rings (SSSR count). The molecule has 1 aromatic heterocycles. The van der Waals surface area contributed by atoms with E-state index >= 15 is 0 Å². The molecule has 0 radical (unpaired) electrons. The van der Waals surface area contributed by atoms with Crippen molar-refractivity contribution in [1.29, 1.82) is 0 Å². The number of hydrogen-bond acceptors (Lipinski definition) is 4. The standard InChI is InChI=1S/C19H33N5O/c1-14(2)18-12-17(25-23-18)13-21-19(20-3)22-15-8-10-24(11-9-15)16-6-4-5-7-16/h12,14-16H,4-11,13H2,1-3H3,(H2,20,21,22). The highest BCUT2D eigenvalue weighted by atomic mass is 16.5. The molecule has 0 unspecified atom stereocenters. The predicted octanol–water partition coefficient (Wildman–Crippen LogP) is 2.87. The second-order valence-electron chi connectivity index (χ2n) is 7.69. The molecule has 0 atom stereocenters. The van der Waals surface area contributed by atoms with Crippen molar-refractivity contribution in [2.45, 2.75) is 76.9 Å². The summed E-state index contributed by atoms with van der Waals surface area (Å²) in [6, 6.07) is 3.37. The number of rotatable bonds is 5. The van der Waals surface area contributed by atoms with Crippen molar-refractivity contribution < 1.29 is 4.52 Å². The molecule has 6 heteroatoms. The van der Waals surface area contributed by atoms with Crippen LogP contribution >= 0.6 is 0 Å². The Kier molecular flexibility index (Phi) is 6.34. The number of aliphatic imine (C=N–C) groups is 1. The minimum atomic E-state index is 0.389. The molecule has 6 nitrogen and oxygen atoms in total. The van der Waals surface area contributed by atoms with Crippen molar-refractivity contribution >= 4 is 5.96 Å². The van der Waals surface area contributed by atoms with Crippen LogP contribution in [0.2, 0.25) is 0 Å². The Labute approximate surface area is 151 Å². The maximum atomic E-state index is 5.38. The zero-order chi connectivity index (χ0) is 17.6. The molecule has 1 saturated heterocycles. The predicted molar refractivity (Wildman–Crippen MR) is 101 cm³/mol. The van der Waals surface area contributed by atoms with Crippen molar-refractivity contribution in [1.82, 2.24) is 20.7 Å². The van der Waals surface area contributed by atoms with Gasteiger partial charge in [0.25, 0.3) is 0 Å². The largest absolute Gasteiger partial charge is 0.359 e. The van der Waals surface area contributed by atoms with Gasteiger partial charge < -0.3 is 20.1 Å². The topological polar surface area (TPSA) is 65.7 Å². The summed E-state index contributed by atoms with van der Waals surface area (Å²) in [5.41, 5.74) is 0.999. The molecule has 2 heterocycles. The Hall–Kier alpha value is -1.56. The summed E-state index contributed by atoms with van der Waals surface area (Å²) in [6.45, 7) is 7.26. The highest BCUT2D eigenvalue weighted by Gasteiger charge is 2.27. The Balaban J connectivity index is 1.41. The summed E-state index contributed by atoms with van der Waals surface area (Å²) in [7, 11) is 1.82. The van der Waals surface area contributed by atoms with Crippen LogP contribution in [-0.2, 0) is 6.54 Å². The van der Waals surface area contributed by atoms with Gasteiger partial charge in [-0.3, -0.25) is 4.99 Å². The first kappa shape index (κ1) is 18.2. The molecular weight excluding hydrogens is 314 g/mol. The summed E-state index contributed by atoms with van der Waals surface area (Å²) in [5.74, 6) is 2.09. The molecule has 1 saturated carbocycles. The lowest BCUT2D eigenvalue weighted by Crippen LogP contribution is -2.50. The molecule has 25 heavy (non-hydrogen) atoms. The van der Waals surface area contributed by atoms with Gasteiger partial charge in [0.05, 0.1) is 12.2 Å². The van der Waals surface area contributed by atoms with E-state index in [0.717, 1.165) is 23.5 Å². The van der Waals surface area contributed by atoms with Gasteiger partial charge in [0.1, 0.15) is 0 Å². The van der Waals surface area contributed by atoms with Gasteiger partial charge in [0, 0.05) is 38.3 Å². The van der Waals surface area contributed by atoms with Crippen molar-refractivity contribution in [3.8, 4) is 0 Å². The van der Waals surface area contributed by atoms with Crippen LogP contribution in [0.4, 0.5) is 0 Å². The van der Waals surface area contributed by atoms with Crippen LogP contribution in [-0.4, -0.2) is 48.2 Å². The maximum Gasteiger partial charge on any atom is 0.191 e. The van der Waals surface area contributed by atoms with E-state index in [1.807, 2.05) is 13.1 Å². The lowest BCUT2D eigenvalue weighted by atomic mass is 10.0. The molecule has 2 fully saturated rings. The molecule has 0 spiro atoms. The third-order valence-corrected chi connectivity index (χ3v) is 5.53. The van der Waals surface area contributed by atoms with Gasteiger partial charge in [-0.15, -0.1) is 0 Å². The zero-order valence-corrected chi connectivity index (χ0v) is 15.9. The van der Waals surface area contributed by atoms with Gasteiger partial charge in [0.2, 0.25) is 0 Å². The lowest BCUT2D eigenvalue weighted by molar-refractivity contribution is 0.150. The van der Waals surface area contributed by atoms with Crippen LogP contribution in [0.1, 0.15) is 69.7 Å². The van der Waals surface area contributed by atoms with Gasteiger partial charge in [-0.05, 0) is 31.6 Å². The van der Waals surface area contributed by atoms with E-state index in [1.54, 1.807) is 0 Å². The summed E-state index contributed by atoms with van der Waals surface area (Å²) < 4.78 is 5.38. The summed E-state index contributed by atoms with van der Waals surface area (Å²) in [5, 5.41) is 11.0. The number of guanidine groups is 1. The molecule has 1 aromatic rings. The van der Waals surface area contributed by atoms with Crippen LogP contribution < -0.4 is 10.6 Å². The van der Waals surface area contributed by atoms with Crippen molar-refractivity contribution in [2.24, 2.45) is 4.99 Å². The average Bonchev–Trinajstić information content (AvgIpc) is 3.31. The number of nitrogens with one attached hydrogen (secondary N) is 2. The molecular formula is C19H33N5O. The Morgan fingerprint density at radius 1 is 1.28 bits per heavy atom. The number of piperidine rings is 1. The quantitative estimate of drug-likeness (QED) is 0.633. The Bertz CT molecular complexity index is 554. The van der Waals surface area contributed by atoms with Gasteiger partial charge in [-0.25, -0.2) is 0 Å². The fraction of sp³-hybridized carbons (Fsp3) is 0.789. The molecule has 140 valence electrons. The maximum absolute atomic E-state index is 5.38. The van der Waals surface area contributed by atoms with E-state index in [2.05, 4.69) is 39.5 Å². The first-order chi connectivity index (χ1) is 12.2. The molecule has 1 aliphatic carbocycles. The molecule has 2 aliphatic rings. The number of aromatic nitrogens is 1. The summed E-state index contributed by atoms with van der Waals surface area (Å²) >= 11 is 0. The third kappa shape index (κ3) is 4.97. The van der Waals surface area contributed by atoms with E-state index in [1.165, 1.54) is 51.6 Å². The van der Waals surface area contributed by atoms with Crippen LogP contribution in [0.15, 0.2) is 15.6 Å². The SMILES string of the molecule is CN=C(NCc1cc(C(C)C)no1)NC1CCN(C2CCCC2)CC1. The fourth-order valence-corrected chi connectivity index (χ4v) is 3.92. The highest BCUT2D eigenvalue weighted by Crippen LogP contribution is 2.26. The van der Waals surface area contributed by atoms with E-state index in [0.29, 0.717) is 18.5 Å². The van der Waals surface area contributed by atoms with E-state index in [-0.39, 0.29) is 0 Å². The fourth-order valence-electron chi connectivity index (χ4n) is 3.92. The number of hydrogen-bond donors (Lipinski definition) is 2. The van der Waals surface area contributed by atoms with Gasteiger partial charge in [-0.1, -0.05) is 31.8 Å². The van der Waals surface area contributed by atoms with Gasteiger partial charge in [-0.2, -0.15) is 0 Å². The van der Waals surface area contributed by atoms with E-state index in [4.69, 9.17) is 4.52 Å². The van der Waals surface area contributed by atoms with Crippen LogP contribution in [0.25, 0.3) is 0 Å². The minimum Gasteiger partial charge on any atom is -0.359 e. The molecule has 0 amide bonds. The van der Waals surface area contributed by atoms with E-state index in [9.17, 15) is 0 Å². The normalized spacial score (nSPS) is 21.2. The number of likely N-dealkylation sites (tertiary alicyclic amines) is 1. The minimum absolute atomic E-state index is 0.389. The molecule has 0 aromatic carbocycles. The highest BCUT2D eigenvalue weighted by molar-refractivity contribution is 5.79. The first-order valence-electron chi connectivity index (χ1n) is 9.82. The molecule has 0 bridgehead atoms. The smallest absolute Gasteiger partial charge is 0.191 e. The number of nitrogens with zero attached hydrogens (tertiary/aromatic N) is 3. The Morgan fingerprint density at radius 3 is 2.60 bits per heavy atom.